The van der Waals surface area contributed by atoms with E-state index in [1.54, 1.807) is 68.1 Å². The first-order valence-electron chi connectivity index (χ1n) is 10.5. The van der Waals surface area contributed by atoms with Crippen LogP contribution in [0.1, 0.15) is 10.4 Å². The molecule has 0 atom stereocenters. The number of carbonyl (C=O) groups is 2. The van der Waals surface area contributed by atoms with Gasteiger partial charge in [-0.05, 0) is 42.5 Å². The number of hydrogen-bond acceptors (Lipinski definition) is 8. The highest BCUT2D eigenvalue weighted by atomic mass is 32.1. The van der Waals surface area contributed by atoms with Crippen molar-refractivity contribution >= 4 is 28.3 Å². The highest BCUT2D eigenvalue weighted by molar-refractivity contribution is 7.14. The maximum atomic E-state index is 12.6. The van der Waals surface area contributed by atoms with Crippen LogP contribution in [0.5, 0.6) is 23.0 Å². The van der Waals surface area contributed by atoms with Crippen LogP contribution in [0.2, 0.25) is 0 Å². The van der Waals surface area contributed by atoms with Crippen molar-refractivity contribution in [2.75, 3.05) is 26.1 Å². The van der Waals surface area contributed by atoms with Crippen LogP contribution in [0, 0.1) is 0 Å². The Morgan fingerprint density at radius 2 is 1.63 bits per heavy atom. The van der Waals surface area contributed by atoms with Crippen molar-refractivity contribution in [1.82, 2.24) is 4.98 Å². The third-order valence-corrected chi connectivity index (χ3v) is 5.60. The van der Waals surface area contributed by atoms with Gasteiger partial charge in [-0.2, -0.15) is 0 Å². The van der Waals surface area contributed by atoms with E-state index in [2.05, 4.69) is 10.3 Å². The first-order chi connectivity index (χ1) is 17.1. The summed E-state index contributed by atoms with van der Waals surface area (Å²) < 4.78 is 21.6. The second-order valence-corrected chi connectivity index (χ2v) is 8.00. The number of hydrogen-bond donors (Lipinski definition) is 1. The van der Waals surface area contributed by atoms with Crippen LogP contribution in [0.3, 0.4) is 0 Å². The fraction of sp³-hybridized carbons (Fsp3) is 0.115. The normalized spacial score (nSPS) is 10.3. The average molecular weight is 491 g/mol. The summed E-state index contributed by atoms with van der Waals surface area (Å²) in [5.41, 5.74) is 1.69. The molecule has 3 aromatic carbocycles. The molecular weight excluding hydrogens is 468 g/mol. The second-order valence-electron chi connectivity index (χ2n) is 7.14. The summed E-state index contributed by atoms with van der Waals surface area (Å²) in [6, 6.07) is 21.2. The van der Waals surface area contributed by atoms with E-state index in [0.29, 0.717) is 33.8 Å². The zero-order chi connectivity index (χ0) is 24.6. The van der Waals surface area contributed by atoms with E-state index in [4.69, 9.17) is 18.9 Å². The zero-order valence-electron chi connectivity index (χ0n) is 19.0. The molecule has 178 valence electrons. The van der Waals surface area contributed by atoms with Crippen molar-refractivity contribution in [2.24, 2.45) is 0 Å². The van der Waals surface area contributed by atoms with Crippen molar-refractivity contribution in [3.63, 3.8) is 0 Å². The van der Waals surface area contributed by atoms with Crippen molar-refractivity contribution < 1.29 is 28.5 Å². The molecule has 4 rings (SSSR count). The number of nitrogens with one attached hydrogen (secondary N) is 1. The van der Waals surface area contributed by atoms with E-state index in [9.17, 15) is 9.59 Å². The number of anilines is 1. The Labute approximate surface area is 206 Å². The Morgan fingerprint density at radius 3 is 2.40 bits per heavy atom. The molecule has 0 unspecified atom stereocenters. The Morgan fingerprint density at radius 1 is 0.886 bits per heavy atom. The van der Waals surface area contributed by atoms with Crippen LogP contribution < -0.4 is 19.5 Å². The maximum Gasteiger partial charge on any atom is 0.342 e. The SMILES string of the molecule is COc1ccc(-c2csc(NC(=O)COC(=O)c3ccccc3Oc3ccccc3)n2)cc1OC. The molecule has 0 saturated heterocycles. The third kappa shape index (κ3) is 5.96. The van der Waals surface area contributed by atoms with Gasteiger partial charge < -0.3 is 18.9 Å². The number of amides is 1. The van der Waals surface area contributed by atoms with E-state index < -0.39 is 18.5 Å². The second kappa shape index (κ2) is 11.2. The molecule has 1 amide bonds. The molecule has 1 N–H and O–H groups in total. The van der Waals surface area contributed by atoms with Crippen LogP contribution in [0.15, 0.2) is 78.2 Å². The van der Waals surface area contributed by atoms with Gasteiger partial charge in [0.2, 0.25) is 0 Å². The van der Waals surface area contributed by atoms with Crippen molar-refractivity contribution in [2.45, 2.75) is 0 Å². The topological polar surface area (TPSA) is 96.0 Å². The number of carbonyl (C=O) groups excluding carboxylic acids is 2. The van der Waals surface area contributed by atoms with Crippen LogP contribution >= 0.6 is 11.3 Å². The lowest BCUT2D eigenvalue weighted by Crippen LogP contribution is -2.21. The highest BCUT2D eigenvalue weighted by Gasteiger charge is 2.17. The molecule has 1 aromatic heterocycles. The Kier molecular flexibility index (Phi) is 7.59. The van der Waals surface area contributed by atoms with Crippen LogP contribution in [0.4, 0.5) is 5.13 Å². The predicted molar refractivity (Wildman–Crippen MR) is 133 cm³/mol. The lowest BCUT2D eigenvalue weighted by atomic mass is 10.1. The minimum Gasteiger partial charge on any atom is -0.493 e. The summed E-state index contributed by atoms with van der Waals surface area (Å²) in [4.78, 5) is 29.4. The molecule has 9 heteroatoms. The van der Waals surface area contributed by atoms with Gasteiger partial charge in [0.25, 0.3) is 5.91 Å². The van der Waals surface area contributed by atoms with Crippen molar-refractivity contribution in [3.8, 4) is 34.3 Å². The van der Waals surface area contributed by atoms with E-state index in [0.717, 1.165) is 5.56 Å². The van der Waals surface area contributed by atoms with E-state index >= 15 is 0 Å². The standard InChI is InChI=1S/C26H22N2O6S/c1-31-22-13-12-17(14-23(22)32-2)20-16-35-26(27-20)28-24(29)15-33-25(30)19-10-6-7-11-21(19)34-18-8-4-3-5-9-18/h3-14,16H,15H2,1-2H3,(H,27,28,29). The lowest BCUT2D eigenvalue weighted by molar-refractivity contribution is -0.119. The number of para-hydroxylation sites is 2. The number of nitrogens with zero attached hydrogens (tertiary/aromatic N) is 1. The molecule has 0 bridgehead atoms. The largest absolute Gasteiger partial charge is 0.493 e. The first-order valence-corrected chi connectivity index (χ1v) is 11.4. The fourth-order valence-electron chi connectivity index (χ4n) is 3.16. The summed E-state index contributed by atoms with van der Waals surface area (Å²) in [7, 11) is 3.12. The molecule has 0 radical (unpaired) electrons. The maximum absolute atomic E-state index is 12.6. The molecular formula is C26H22N2O6S. The average Bonchev–Trinajstić information content (AvgIpc) is 3.36. The first kappa shape index (κ1) is 23.8. The number of rotatable bonds is 9. The van der Waals surface area contributed by atoms with Gasteiger partial charge in [-0.15, -0.1) is 11.3 Å². The molecule has 8 nitrogen and oxygen atoms in total. The minimum absolute atomic E-state index is 0.217. The highest BCUT2D eigenvalue weighted by Crippen LogP contribution is 2.33. The summed E-state index contributed by atoms with van der Waals surface area (Å²) in [5, 5.41) is 4.83. The molecule has 0 aliphatic rings. The lowest BCUT2D eigenvalue weighted by Gasteiger charge is -2.10. The Balaban J connectivity index is 1.36. The number of thiazole rings is 1. The third-order valence-electron chi connectivity index (χ3n) is 4.84. The van der Waals surface area contributed by atoms with Gasteiger partial charge in [0, 0.05) is 10.9 Å². The summed E-state index contributed by atoms with van der Waals surface area (Å²) in [6.07, 6.45) is 0. The zero-order valence-corrected chi connectivity index (χ0v) is 19.8. The molecule has 0 aliphatic carbocycles. The number of ether oxygens (including phenoxy) is 4. The van der Waals surface area contributed by atoms with Crippen molar-refractivity contribution in [1.29, 1.82) is 0 Å². The molecule has 0 saturated carbocycles. The molecule has 0 fully saturated rings. The molecule has 1 heterocycles. The Bertz CT molecular complexity index is 1320. The van der Waals surface area contributed by atoms with Gasteiger partial charge in [0.15, 0.2) is 23.2 Å². The Hall–Kier alpha value is -4.37. The van der Waals surface area contributed by atoms with Crippen LogP contribution in [-0.4, -0.2) is 37.7 Å². The molecule has 35 heavy (non-hydrogen) atoms. The van der Waals surface area contributed by atoms with E-state index in [1.807, 2.05) is 24.3 Å². The van der Waals surface area contributed by atoms with Crippen LogP contribution in [0.25, 0.3) is 11.3 Å². The summed E-state index contributed by atoms with van der Waals surface area (Å²) >= 11 is 1.25. The van der Waals surface area contributed by atoms with E-state index in [1.165, 1.54) is 11.3 Å². The van der Waals surface area contributed by atoms with Gasteiger partial charge in [0.05, 0.1) is 19.9 Å². The quantitative estimate of drug-likeness (QED) is 0.313. The van der Waals surface area contributed by atoms with Gasteiger partial charge in [-0.25, -0.2) is 9.78 Å². The smallest absolute Gasteiger partial charge is 0.342 e. The predicted octanol–water partition coefficient (Wildman–Crippen LogP) is 5.42. The monoisotopic (exact) mass is 490 g/mol. The fourth-order valence-corrected chi connectivity index (χ4v) is 3.90. The summed E-state index contributed by atoms with van der Waals surface area (Å²) in [6.45, 7) is -0.468. The molecule has 4 aromatic rings. The van der Waals surface area contributed by atoms with Gasteiger partial charge in [-0.1, -0.05) is 30.3 Å². The molecule has 0 spiro atoms. The number of methoxy groups -OCH3 is 2. The van der Waals surface area contributed by atoms with Gasteiger partial charge in [-0.3, -0.25) is 10.1 Å². The van der Waals surface area contributed by atoms with E-state index in [-0.39, 0.29) is 5.56 Å². The van der Waals surface area contributed by atoms with Crippen LogP contribution in [-0.2, 0) is 9.53 Å². The summed E-state index contributed by atoms with van der Waals surface area (Å²) in [5.74, 6) is 0.928. The van der Waals surface area contributed by atoms with Gasteiger partial charge >= 0.3 is 5.97 Å². The van der Waals surface area contributed by atoms with Gasteiger partial charge in [0.1, 0.15) is 17.1 Å². The number of benzene rings is 3. The minimum atomic E-state index is -0.670. The number of esters is 1. The molecule has 0 aliphatic heterocycles. The number of aromatic nitrogens is 1. The van der Waals surface area contributed by atoms with Crippen molar-refractivity contribution in [3.05, 3.63) is 83.7 Å².